The van der Waals surface area contributed by atoms with Crippen LogP contribution in [0.4, 0.5) is 0 Å². The van der Waals surface area contributed by atoms with Gasteiger partial charge in [-0.1, -0.05) is 12.8 Å². The van der Waals surface area contributed by atoms with Crippen LogP contribution in [0.25, 0.3) is 0 Å². The molecule has 0 aromatic carbocycles. The van der Waals surface area contributed by atoms with Gasteiger partial charge in [0.2, 0.25) is 0 Å². The van der Waals surface area contributed by atoms with E-state index in [1.165, 1.54) is 45.3 Å². The summed E-state index contributed by atoms with van der Waals surface area (Å²) in [7, 11) is 2.24. The van der Waals surface area contributed by atoms with Crippen LogP contribution >= 0.6 is 0 Å². The highest BCUT2D eigenvalue weighted by molar-refractivity contribution is 4.93. The van der Waals surface area contributed by atoms with Crippen molar-refractivity contribution in [3.63, 3.8) is 0 Å². The molecule has 1 unspecified atom stereocenters. The van der Waals surface area contributed by atoms with E-state index >= 15 is 0 Å². The van der Waals surface area contributed by atoms with Crippen molar-refractivity contribution >= 4 is 0 Å². The molecule has 0 aromatic heterocycles. The number of hydrogen-bond donors (Lipinski definition) is 1. The van der Waals surface area contributed by atoms with Crippen molar-refractivity contribution in [2.45, 2.75) is 51.1 Å². The van der Waals surface area contributed by atoms with E-state index in [0.717, 1.165) is 12.5 Å². The third-order valence-corrected chi connectivity index (χ3v) is 5.00. The zero-order valence-electron chi connectivity index (χ0n) is 11.8. The first-order valence-corrected chi connectivity index (χ1v) is 7.20. The summed E-state index contributed by atoms with van der Waals surface area (Å²) in [6.45, 7) is 9.07. The van der Waals surface area contributed by atoms with Crippen molar-refractivity contribution < 1.29 is 0 Å². The van der Waals surface area contributed by atoms with Gasteiger partial charge in [0.15, 0.2) is 0 Å². The number of nitrogens with zero attached hydrogens (tertiary/aromatic N) is 2. The average molecular weight is 239 g/mol. The third-order valence-electron chi connectivity index (χ3n) is 5.00. The summed E-state index contributed by atoms with van der Waals surface area (Å²) in [4.78, 5) is 5.14. The molecule has 1 saturated carbocycles. The minimum atomic E-state index is 0.296. The molecule has 2 N–H and O–H groups in total. The fourth-order valence-electron chi connectivity index (χ4n) is 3.54. The standard InChI is InChI=1S/C14H29N3/c1-14(2)11-17(9-8-16(14)3)13(10-15)12-6-4-5-7-12/h12-13H,4-11,15H2,1-3H3. The van der Waals surface area contributed by atoms with E-state index in [1.54, 1.807) is 0 Å². The molecule has 0 radical (unpaired) electrons. The number of rotatable bonds is 3. The SMILES string of the molecule is CN1CCN(C(CN)C2CCCC2)CC1(C)C. The second-order valence-electron chi connectivity index (χ2n) is 6.55. The summed E-state index contributed by atoms with van der Waals surface area (Å²) in [6.07, 6.45) is 5.62. The molecule has 2 fully saturated rings. The van der Waals surface area contributed by atoms with E-state index in [1.807, 2.05) is 0 Å². The molecule has 1 atom stereocenters. The second-order valence-corrected chi connectivity index (χ2v) is 6.55. The number of likely N-dealkylation sites (N-methyl/N-ethyl adjacent to an activating group) is 1. The highest BCUT2D eigenvalue weighted by Gasteiger charge is 2.36. The summed E-state index contributed by atoms with van der Waals surface area (Å²) >= 11 is 0. The molecule has 1 aliphatic carbocycles. The van der Waals surface area contributed by atoms with Crippen LogP contribution in [0.2, 0.25) is 0 Å². The molecule has 0 aromatic rings. The van der Waals surface area contributed by atoms with Crippen LogP contribution in [0.1, 0.15) is 39.5 Å². The van der Waals surface area contributed by atoms with Crippen LogP contribution in [0.15, 0.2) is 0 Å². The van der Waals surface area contributed by atoms with Gasteiger partial charge in [-0.15, -0.1) is 0 Å². The summed E-state index contributed by atoms with van der Waals surface area (Å²) in [6, 6.07) is 0.630. The van der Waals surface area contributed by atoms with E-state index in [0.29, 0.717) is 11.6 Å². The summed E-state index contributed by atoms with van der Waals surface area (Å²) in [5.74, 6) is 0.860. The van der Waals surface area contributed by atoms with Crippen LogP contribution in [-0.4, -0.2) is 54.6 Å². The van der Waals surface area contributed by atoms with E-state index in [9.17, 15) is 0 Å². The van der Waals surface area contributed by atoms with Crippen LogP contribution in [0, 0.1) is 5.92 Å². The average Bonchev–Trinajstić information content (AvgIpc) is 2.77. The molecular weight excluding hydrogens is 210 g/mol. The van der Waals surface area contributed by atoms with Crippen molar-refractivity contribution in [1.82, 2.24) is 9.80 Å². The molecule has 1 saturated heterocycles. The zero-order valence-corrected chi connectivity index (χ0v) is 11.8. The Hall–Kier alpha value is -0.120. The Kier molecular flexibility index (Phi) is 4.11. The highest BCUT2D eigenvalue weighted by Crippen LogP contribution is 2.32. The molecular formula is C14H29N3. The Morgan fingerprint density at radius 2 is 1.88 bits per heavy atom. The predicted molar refractivity (Wildman–Crippen MR) is 73.1 cm³/mol. The number of hydrogen-bond acceptors (Lipinski definition) is 3. The van der Waals surface area contributed by atoms with Crippen molar-refractivity contribution in [1.29, 1.82) is 0 Å². The molecule has 3 heteroatoms. The molecule has 0 bridgehead atoms. The molecule has 1 heterocycles. The van der Waals surface area contributed by atoms with Crippen molar-refractivity contribution in [2.24, 2.45) is 11.7 Å². The highest BCUT2D eigenvalue weighted by atomic mass is 15.3. The van der Waals surface area contributed by atoms with E-state index < -0.39 is 0 Å². The van der Waals surface area contributed by atoms with Crippen molar-refractivity contribution in [3.8, 4) is 0 Å². The van der Waals surface area contributed by atoms with Crippen LogP contribution in [0.3, 0.4) is 0 Å². The third kappa shape index (κ3) is 2.83. The zero-order chi connectivity index (χ0) is 12.5. The van der Waals surface area contributed by atoms with Gasteiger partial charge < -0.3 is 5.73 Å². The lowest BCUT2D eigenvalue weighted by molar-refractivity contribution is 0.00466. The van der Waals surface area contributed by atoms with Gasteiger partial charge in [0, 0.05) is 37.8 Å². The molecule has 0 amide bonds. The maximum atomic E-state index is 6.05. The Morgan fingerprint density at radius 3 is 2.41 bits per heavy atom. The lowest BCUT2D eigenvalue weighted by Gasteiger charge is -2.49. The van der Waals surface area contributed by atoms with E-state index in [4.69, 9.17) is 5.73 Å². The number of nitrogens with two attached hydrogens (primary N) is 1. The topological polar surface area (TPSA) is 32.5 Å². The Balaban J connectivity index is 2.00. The fraction of sp³-hybridized carbons (Fsp3) is 1.00. The maximum Gasteiger partial charge on any atom is 0.0277 e. The summed E-state index contributed by atoms with van der Waals surface area (Å²) < 4.78 is 0. The van der Waals surface area contributed by atoms with E-state index in [2.05, 4.69) is 30.7 Å². The smallest absolute Gasteiger partial charge is 0.0277 e. The van der Waals surface area contributed by atoms with Gasteiger partial charge in [-0.3, -0.25) is 9.80 Å². The van der Waals surface area contributed by atoms with Crippen molar-refractivity contribution in [3.05, 3.63) is 0 Å². The predicted octanol–water partition coefficient (Wildman–Crippen LogP) is 1.53. The van der Waals surface area contributed by atoms with Gasteiger partial charge in [0.05, 0.1) is 0 Å². The first-order valence-electron chi connectivity index (χ1n) is 7.20. The molecule has 17 heavy (non-hydrogen) atoms. The normalized spacial score (nSPS) is 29.6. The summed E-state index contributed by atoms with van der Waals surface area (Å²) in [5, 5.41) is 0. The Morgan fingerprint density at radius 1 is 1.24 bits per heavy atom. The molecule has 1 aliphatic heterocycles. The molecule has 0 spiro atoms. The largest absolute Gasteiger partial charge is 0.329 e. The Bertz CT molecular complexity index is 246. The van der Waals surface area contributed by atoms with Gasteiger partial charge in [0.25, 0.3) is 0 Å². The molecule has 2 rings (SSSR count). The minimum absolute atomic E-state index is 0.296. The maximum absolute atomic E-state index is 6.05. The van der Waals surface area contributed by atoms with Gasteiger partial charge in [-0.05, 0) is 39.7 Å². The van der Waals surface area contributed by atoms with Gasteiger partial charge in [-0.25, -0.2) is 0 Å². The van der Waals surface area contributed by atoms with Crippen LogP contribution in [-0.2, 0) is 0 Å². The second kappa shape index (κ2) is 5.25. The lowest BCUT2D eigenvalue weighted by Crippen LogP contribution is -2.61. The van der Waals surface area contributed by atoms with Gasteiger partial charge in [0.1, 0.15) is 0 Å². The number of piperazine rings is 1. The van der Waals surface area contributed by atoms with E-state index in [-0.39, 0.29) is 0 Å². The molecule has 100 valence electrons. The lowest BCUT2D eigenvalue weighted by atomic mass is 9.92. The fourth-order valence-corrected chi connectivity index (χ4v) is 3.54. The molecule has 2 aliphatic rings. The van der Waals surface area contributed by atoms with Gasteiger partial charge >= 0.3 is 0 Å². The monoisotopic (exact) mass is 239 g/mol. The quantitative estimate of drug-likeness (QED) is 0.811. The minimum Gasteiger partial charge on any atom is -0.329 e. The summed E-state index contributed by atoms with van der Waals surface area (Å²) in [5.41, 5.74) is 6.35. The molecule has 3 nitrogen and oxygen atoms in total. The first kappa shape index (κ1) is 13.3. The van der Waals surface area contributed by atoms with Crippen LogP contribution < -0.4 is 5.73 Å². The Labute approximate surface area is 106 Å². The van der Waals surface area contributed by atoms with Crippen molar-refractivity contribution in [2.75, 3.05) is 33.2 Å². The van der Waals surface area contributed by atoms with Crippen LogP contribution in [0.5, 0.6) is 0 Å². The first-order chi connectivity index (χ1) is 8.04. The van der Waals surface area contributed by atoms with Gasteiger partial charge in [-0.2, -0.15) is 0 Å².